The SMILES string of the molecule is CCCCN(C)C(CN)c1cnn(C)c1. The molecule has 0 aliphatic carbocycles. The van der Waals surface area contributed by atoms with Gasteiger partial charge >= 0.3 is 0 Å². The number of nitrogens with two attached hydrogens (primary N) is 1. The third-order valence-corrected chi connectivity index (χ3v) is 2.73. The Bertz CT molecular complexity index is 282. The first-order valence-electron chi connectivity index (χ1n) is 5.57. The maximum atomic E-state index is 5.81. The summed E-state index contributed by atoms with van der Waals surface area (Å²) in [5.41, 5.74) is 7.02. The molecule has 1 unspecified atom stereocenters. The summed E-state index contributed by atoms with van der Waals surface area (Å²) < 4.78 is 1.83. The van der Waals surface area contributed by atoms with Gasteiger partial charge in [-0.2, -0.15) is 5.10 Å². The van der Waals surface area contributed by atoms with E-state index in [4.69, 9.17) is 5.73 Å². The summed E-state index contributed by atoms with van der Waals surface area (Å²) in [5.74, 6) is 0. The largest absolute Gasteiger partial charge is 0.329 e. The van der Waals surface area contributed by atoms with Crippen LogP contribution in [-0.2, 0) is 7.05 Å². The molecule has 4 nitrogen and oxygen atoms in total. The van der Waals surface area contributed by atoms with E-state index in [9.17, 15) is 0 Å². The van der Waals surface area contributed by atoms with Gasteiger partial charge in [-0.1, -0.05) is 13.3 Å². The number of aromatic nitrogens is 2. The van der Waals surface area contributed by atoms with E-state index in [0.29, 0.717) is 12.6 Å². The Kier molecular flexibility index (Phi) is 4.78. The summed E-state index contributed by atoms with van der Waals surface area (Å²) in [6, 6.07) is 0.297. The van der Waals surface area contributed by atoms with Gasteiger partial charge in [-0.3, -0.25) is 9.58 Å². The first kappa shape index (κ1) is 12.2. The van der Waals surface area contributed by atoms with E-state index in [1.54, 1.807) is 0 Å². The first-order chi connectivity index (χ1) is 7.19. The van der Waals surface area contributed by atoms with Crippen molar-refractivity contribution >= 4 is 0 Å². The molecule has 1 rings (SSSR count). The average molecular weight is 210 g/mol. The second-order valence-corrected chi connectivity index (χ2v) is 4.03. The summed E-state index contributed by atoms with van der Waals surface area (Å²) in [4.78, 5) is 2.31. The van der Waals surface area contributed by atoms with E-state index in [0.717, 1.165) is 6.54 Å². The van der Waals surface area contributed by atoms with E-state index < -0.39 is 0 Å². The van der Waals surface area contributed by atoms with E-state index in [1.165, 1.54) is 18.4 Å². The first-order valence-corrected chi connectivity index (χ1v) is 5.57. The minimum absolute atomic E-state index is 0.297. The van der Waals surface area contributed by atoms with Gasteiger partial charge in [0, 0.05) is 31.4 Å². The number of aryl methyl sites for hydroxylation is 1. The lowest BCUT2D eigenvalue weighted by Gasteiger charge is -2.25. The fourth-order valence-corrected chi connectivity index (χ4v) is 1.75. The zero-order valence-corrected chi connectivity index (χ0v) is 9.98. The maximum absolute atomic E-state index is 5.81. The zero-order valence-electron chi connectivity index (χ0n) is 9.98. The standard InChI is InChI=1S/C11H22N4/c1-4-5-6-14(2)11(7-12)10-8-13-15(3)9-10/h8-9,11H,4-7,12H2,1-3H3. The van der Waals surface area contributed by atoms with E-state index in [1.807, 2.05) is 24.1 Å². The highest BCUT2D eigenvalue weighted by Crippen LogP contribution is 2.17. The number of likely N-dealkylation sites (N-methyl/N-ethyl adjacent to an activating group) is 1. The number of hydrogen-bond acceptors (Lipinski definition) is 3. The molecule has 0 saturated carbocycles. The minimum Gasteiger partial charge on any atom is -0.329 e. The zero-order chi connectivity index (χ0) is 11.3. The summed E-state index contributed by atoms with van der Waals surface area (Å²) in [6.45, 7) is 3.94. The van der Waals surface area contributed by atoms with Crippen molar-refractivity contribution in [3.63, 3.8) is 0 Å². The summed E-state index contributed by atoms with van der Waals surface area (Å²) in [5, 5.41) is 4.18. The fraction of sp³-hybridized carbons (Fsp3) is 0.727. The second-order valence-electron chi connectivity index (χ2n) is 4.03. The Balaban J connectivity index is 2.62. The maximum Gasteiger partial charge on any atom is 0.0538 e. The van der Waals surface area contributed by atoms with Crippen molar-refractivity contribution in [2.45, 2.75) is 25.8 Å². The topological polar surface area (TPSA) is 47.1 Å². The van der Waals surface area contributed by atoms with Crippen LogP contribution in [-0.4, -0.2) is 34.8 Å². The molecule has 0 radical (unpaired) electrons. The van der Waals surface area contributed by atoms with Crippen molar-refractivity contribution in [3.8, 4) is 0 Å². The molecular formula is C11H22N4. The number of unbranched alkanes of at least 4 members (excludes halogenated alkanes) is 1. The Hall–Kier alpha value is -0.870. The highest BCUT2D eigenvalue weighted by Gasteiger charge is 2.15. The molecule has 1 heterocycles. The normalized spacial score (nSPS) is 13.4. The van der Waals surface area contributed by atoms with Crippen LogP contribution in [0.3, 0.4) is 0 Å². The van der Waals surface area contributed by atoms with E-state index in [-0.39, 0.29) is 0 Å². The Labute approximate surface area is 92.1 Å². The molecule has 1 atom stereocenters. The molecule has 1 aromatic rings. The molecule has 0 bridgehead atoms. The molecule has 0 spiro atoms. The van der Waals surface area contributed by atoms with Gasteiger partial charge in [0.15, 0.2) is 0 Å². The fourth-order valence-electron chi connectivity index (χ4n) is 1.75. The van der Waals surface area contributed by atoms with Gasteiger partial charge in [-0.05, 0) is 20.0 Å². The predicted molar refractivity (Wildman–Crippen MR) is 62.5 cm³/mol. The van der Waals surface area contributed by atoms with Gasteiger partial charge in [0.2, 0.25) is 0 Å². The molecule has 4 heteroatoms. The molecule has 86 valence electrons. The number of rotatable bonds is 6. The van der Waals surface area contributed by atoms with Crippen LogP contribution < -0.4 is 5.73 Å². The third kappa shape index (κ3) is 3.32. The van der Waals surface area contributed by atoms with E-state index in [2.05, 4.69) is 24.0 Å². The predicted octanol–water partition coefficient (Wildman–Crippen LogP) is 1.15. The van der Waals surface area contributed by atoms with Gasteiger partial charge in [0.05, 0.1) is 6.20 Å². The van der Waals surface area contributed by atoms with Crippen LogP contribution in [0, 0.1) is 0 Å². The van der Waals surface area contributed by atoms with Crippen LogP contribution in [0.1, 0.15) is 31.4 Å². The quantitative estimate of drug-likeness (QED) is 0.766. The highest BCUT2D eigenvalue weighted by atomic mass is 15.2. The molecular weight excluding hydrogens is 188 g/mol. The molecule has 0 saturated heterocycles. The van der Waals surface area contributed by atoms with E-state index >= 15 is 0 Å². The molecule has 0 aliphatic heterocycles. The van der Waals surface area contributed by atoms with Crippen molar-refractivity contribution in [1.82, 2.24) is 14.7 Å². The Morgan fingerprint density at radius 1 is 1.60 bits per heavy atom. The van der Waals surface area contributed by atoms with Crippen LogP contribution in [0.4, 0.5) is 0 Å². The monoisotopic (exact) mass is 210 g/mol. The lowest BCUT2D eigenvalue weighted by molar-refractivity contribution is 0.246. The number of hydrogen-bond donors (Lipinski definition) is 1. The van der Waals surface area contributed by atoms with Gasteiger partial charge in [0.25, 0.3) is 0 Å². The highest BCUT2D eigenvalue weighted by molar-refractivity contribution is 5.10. The summed E-state index contributed by atoms with van der Waals surface area (Å²) >= 11 is 0. The minimum atomic E-state index is 0.297. The summed E-state index contributed by atoms with van der Waals surface area (Å²) in [7, 11) is 4.06. The summed E-state index contributed by atoms with van der Waals surface area (Å²) in [6.07, 6.45) is 6.38. The van der Waals surface area contributed by atoms with Crippen LogP contribution in [0.25, 0.3) is 0 Å². The van der Waals surface area contributed by atoms with Crippen LogP contribution in [0.15, 0.2) is 12.4 Å². The van der Waals surface area contributed by atoms with Gasteiger partial charge in [0.1, 0.15) is 0 Å². The van der Waals surface area contributed by atoms with Gasteiger partial charge in [-0.15, -0.1) is 0 Å². The van der Waals surface area contributed by atoms with Crippen LogP contribution in [0.2, 0.25) is 0 Å². The lowest BCUT2D eigenvalue weighted by atomic mass is 10.1. The smallest absolute Gasteiger partial charge is 0.0538 e. The Morgan fingerprint density at radius 2 is 2.33 bits per heavy atom. The molecule has 0 aromatic carbocycles. The van der Waals surface area contributed by atoms with Crippen molar-refractivity contribution in [2.75, 3.05) is 20.1 Å². The van der Waals surface area contributed by atoms with Crippen LogP contribution >= 0.6 is 0 Å². The average Bonchev–Trinajstić information content (AvgIpc) is 2.63. The molecule has 2 N–H and O–H groups in total. The lowest BCUT2D eigenvalue weighted by Crippen LogP contribution is -2.31. The third-order valence-electron chi connectivity index (χ3n) is 2.73. The Morgan fingerprint density at radius 3 is 2.80 bits per heavy atom. The van der Waals surface area contributed by atoms with Crippen molar-refractivity contribution < 1.29 is 0 Å². The molecule has 0 aliphatic rings. The van der Waals surface area contributed by atoms with Crippen molar-refractivity contribution in [2.24, 2.45) is 12.8 Å². The van der Waals surface area contributed by atoms with Crippen LogP contribution in [0.5, 0.6) is 0 Å². The van der Waals surface area contributed by atoms with Gasteiger partial charge < -0.3 is 5.73 Å². The van der Waals surface area contributed by atoms with Crippen molar-refractivity contribution in [3.05, 3.63) is 18.0 Å². The van der Waals surface area contributed by atoms with Crippen molar-refractivity contribution in [1.29, 1.82) is 0 Å². The second kappa shape index (κ2) is 5.88. The molecule has 1 aromatic heterocycles. The molecule has 0 fully saturated rings. The molecule has 15 heavy (non-hydrogen) atoms. The molecule has 0 amide bonds. The van der Waals surface area contributed by atoms with Gasteiger partial charge in [-0.25, -0.2) is 0 Å². The number of nitrogens with zero attached hydrogens (tertiary/aromatic N) is 3.